The first kappa shape index (κ1) is 29.5. The van der Waals surface area contributed by atoms with Crippen molar-refractivity contribution < 1.29 is 19.0 Å². The second kappa shape index (κ2) is 12.2. The van der Waals surface area contributed by atoms with E-state index in [0.29, 0.717) is 11.6 Å². The zero-order chi connectivity index (χ0) is 30.1. The van der Waals surface area contributed by atoms with Gasteiger partial charge in [-0.3, -0.25) is 4.79 Å². The molecule has 0 radical (unpaired) electrons. The van der Waals surface area contributed by atoms with Gasteiger partial charge >= 0.3 is 5.97 Å². The number of aryl methyl sites for hydroxylation is 2. The standard InChI is InChI=1S/C34H39ClN4O4/c1-22-17-27-24-9-8-10-25(18-24)29-21-31-36-23(2)26(19-32(40)41-4)33(39(31)37-29)38-13-11-34(3,12-14-38)43-16-7-5-6-15-42-30(27)20-28(22)35/h8-10,17-18,20-21H,5-7,11-16,19H2,1-4H3. The number of anilines is 1. The van der Waals surface area contributed by atoms with Crippen LogP contribution in [0.2, 0.25) is 5.02 Å². The number of nitrogens with zero attached hydrogens (tertiary/aromatic N) is 4. The van der Waals surface area contributed by atoms with Crippen molar-refractivity contribution >= 4 is 29.0 Å². The number of rotatable bonds is 2. The molecule has 2 aromatic carbocycles. The number of benzene rings is 2. The Morgan fingerprint density at radius 2 is 1.81 bits per heavy atom. The minimum Gasteiger partial charge on any atom is -0.493 e. The third kappa shape index (κ3) is 6.08. The highest BCUT2D eigenvalue weighted by atomic mass is 35.5. The number of carbonyl (C=O) groups excluding carboxylic acids is 1. The lowest BCUT2D eigenvalue weighted by Gasteiger charge is -2.41. The van der Waals surface area contributed by atoms with Crippen LogP contribution in [-0.2, 0) is 20.7 Å². The van der Waals surface area contributed by atoms with Gasteiger partial charge in [-0.05, 0) is 82.2 Å². The molecule has 6 bridgehead atoms. The molecule has 2 aromatic heterocycles. The minimum atomic E-state index is -0.298. The molecule has 4 aromatic rings. The van der Waals surface area contributed by atoms with Gasteiger partial charge in [-0.25, -0.2) is 4.98 Å². The maximum atomic E-state index is 12.5. The zero-order valence-corrected chi connectivity index (χ0v) is 26.2. The molecule has 1 fully saturated rings. The SMILES string of the molecule is COC(=O)Cc1c(C)nc2cc3nn2c1N1CCC(C)(CC1)OCCCCCOc1cc(Cl)c(C)cc1-c1cccc-3c1. The van der Waals surface area contributed by atoms with Gasteiger partial charge in [-0.2, -0.15) is 9.61 Å². The molecule has 0 saturated carbocycles. The van der Waals surface area contributed by atoms with Gasteiger partial charge in [0.05, 0.1) is 31.4 Å². The molecule has 0 N–H and O–H groups in total. The van der Waals surface area contributed by atoms with Crippen LogP contribution in [0, 0.1) is 13.8 Å². The molecule has 1 saturated heterocycles. The molecule has 0 atom stereocenters. The monoisotopic (exact) mass is 602 g/mol. The molecule has 7 rings (SSSR count). The summed E-state index contributed by atoms with van der Waals surface area (Å²) in [5, 5.41) is 5.78. The van der Waals surface area contributed by atoms with Crippen LogP contribution in [0.25, 0.3) is 28.0 Å². The van der Waals surface area contributed by atoms with Crippen molar-refractivity contribution in [1.29, 1.82) is 0 Å². The van der Waals surface area contributed by atoms with Gasteiger partial charge in [-0.15, -0.1) is 0 Å². The van der Waals surface area contributed by atoms with E-state index < -0.39 is 0 Å². The Bertz CT molecular complexity index is 1660. The molecule has 3 aliphatic rings. The van der Waals surface area contributed by atoms with Crippen molar-refractivity contribution in [2.24, 2.45) is 0 Å². The average molecular weight is 603 g/mol. The largest absolute Gasteiger partial charge is 0.493 e. The van der Waals surface area contributed by atoms with Gasteiger partial charge in [-0.1, -0.05) is 29.8 Å². The summed E-state index contributed by atoms with van der Waals surface area (Å²) < 4.78 is 19.7. The van der Waals surface area contributed by atoms with E-state index >= 15 is 0 Å². The molecule has 8 nitrogen and oxygen atoms in total. The van der Waals surface area contributed by atoms with Crippen LogP contribution < -0.4 is 9.64 Å². The summed E-state index contributed by atoms with van der Waals surface area (Å²) in [6.07, 6.45) is 4.84. The van der Waals surface area contributed by atoms with Crippen molar-refractivity contribution in [2.45, 2.75) is 64.9 Å². The third-order valence-electron chi connectivity index (χ3n) is 8.78. The first-order valence-electron chi connectivity index (χ1n) is 15.1. The van der Waals surface area contributed by atoms with E-state index in [1.54, 1.807) is 0 Å². The average Bonchev–Trinajstić information content (AvgIpc) is 3.42. The Kier molecular flexibility index (Phi) is 8.34. The van der Waals surface area contributed by atoms with Gasteiger partial charge in [0.15, 0.2) is 5.65 Å². The maximum absolute atomic E-state index is 12.5. The fourth-order valence-electron chi connectivity index (χ4n) is 6.10. The lowest BCUT2D eigenvalue weighted by molar-refractivity contribution is -0.139. The fourth-order valence-corrected chi connectivity index (χ4v) is 6.25. The molecule has 9 heteroatoms. The zero-order valence-electron chi connectivity index (χ0n) is 25.4. The fraction of sp³-hybridized carbons (Fsp3) is 0.441. The van der Waals surface area contributed by atoms with Gasteiger partial charge in [0.25, 0.3) is 0 Å². The van der Waals surface area contributed by atoms with Gasteiger partial charge in [0.2, 0.25) is 0 Å². The Balaban J connectivity index is 1.49. The van der Waals surface area contributed by atoms with Crippen LogP contribution in [0.15, 0.2) is 42.5 Å². The van der Waals surface area contributed by atoms with Crippen LogP contribution in [0.3, 0.4) is 0 Å². The lowest BCUT2D eigenvalue weighted by Crippen LogP contribution is -2.45. The van der Waals surface area contributed by atoms with Gasteiger partial charge in [0, 0.05) is 53.2 Å². The number of ether oxygens (including phenoxy) is 3. The molecule has 0 amide bonds. The molecule has 0 spiro atoms. The quantitative estimate of drug-likeness (QED) is 0.229. The highest BCUT2D eigenvalue weighted by Gasteiger charge is 2.33. The van der Waals surface area contributed by atoms with E-state index in [9.17, 15) is 4.79 Å². The molecule has 43 heavy (non-hydrogen) atoms. The maximum Gasteiger partial charge on any atom is 0.310 e. The second-order valence-corrected chi connectivity index (χ2v) is 12.3. The highest BCUT2D eigenvalue weighted by molar-refractivity contribution is 6.31. The topological polar surface area (TPSA) is 78.2 Å². The number of piperidine rings is 1. The van der Waals surface area contributed by atoms with Crippen LogP contribution in [-0.4, -0.2) is 59.6 Å². The minimum absolute atomic E-state index is 0.133. The van der Waals surface area contributed by atoms with Crippen molar-refractivity contribution in [3.8, 4) is 28.1 Å². The third-order valence-corrected chi connectivity index (χ3v) is 9.18. The first-order chi connectivity index (χ1) is 20.7. The number of fused-ring (bicyclic) bond motifs is 8. The molecule has 5 heterocycles. The summed E-state index contributed by atoms with van der Waals surface area (Å²) in [7, 11) is 1.42. The normalized spacial score (nSPS) is 17.0. The van der Waals surface area contributed by atoms with Gasteiger partial charge < -0.3 is 19.1 Å². The van der Waals surface area contributed by atoms with E-state index in [0.717, 1.165) is 108 Å². The van der Waals surface area contributed by atoms with Crippen molar-refractivity contribution in [3.63, 3.8) is 0 Å². The molecule has 0 aliphatic carbocycles. The molecular formula is C34H39ClN4O4. The highest BCUT2D eigenvalue weighted by Crippen LogP contribution is 2.38. The Morgan fingerprint density at radius 3 is 2.60 bits per heavy atom. The van der Waals surface area contributed by atoms with E-state index in [1.807, 2.05) is 36.6 Å². The van der Waals surface area contributed by atoms with Crippen LogP contribution >= 0.6 is 11.6 Å². The summed E-state index contributed by atoms with van der Waals surface area (Å²) >= 11 is 6.54. The van der Waals surface area contributed by atoms with E-state index in [-0.39, 0.29) is 18.0 Å². The number of esters is 1. The van der Waals surface area contributed by atoms with Crippen molar-refractivity contribution in [3.05, 3.63) is 64.3 Å². The summed E-state index contributed by atoms with van der Waals surface area (Å²) in [6, 6.07) is 14.4. The first-order valence-corrected chi connectivity index (χ1v) is 15.5. The Labute approximate surface area is 257 Å². The van der Waals surface area contributed by atoms with Gasteiger partial charge in [0.1, 0.15) is 11.6 Å². The summed E-state index contributed by atoms with van der Waals surface area (Å²) in [6.45, 7) is 9.10. The Morgan fingerprint density at radius 1 is 1.05 bits per heavy atom. The van der Waals surface area contributed by atoms with Crippen molar-refractivity contribution in [2.75, 3.05) is 38.3 Å². The summed E-state index contributed by atoms with van der Waals surface area (Å²) in [4.78, 5) is 19.7. The Hall–Kier alpha value is -3.62. The summed E-state index contributed by atoms with van der Waals surface area (Å²) in [5.74, 6) is 1.38. The van der Waals surface area contributed by atoms with Crippen LogP contribution in [0.1, 0.15) is 55.8 Å². The number of aromatic nitrogens is 3. The number of methoxy groups -OCH3 is 1. The number of hydrogen-bond acceptors (Lipinski definition) is 7. The van der Waals surface area contributed by atoms with Crippen molar-refractivity contribution in [1.82, 2.24) is 14.6 Å². The smallest absolute Gasteiger partial charge is 0.310 e. The second-order valence-electron chi connectivity index (χ2n) is 11.9. The number of carbonyl (C=O) groups is 1. The van der Waals surface area contributed by atoms with E-state index in [2.05, 4.69) is 36.1 Å². The van der Waals surface area contributed by atoms with E-state index in [4.69, 9.17) is 35.9 Å². The van der Waals surface area contributed by atoms with E-state index in [1.165, 1.54) is 7.11 Å². The molecular weight excluding hydrogens is 564 g/mol. The predicted octanol–water partition coefficient (Wildman–Crippen LogP) is 6.99. The number of hydrogen-bond donors (Lipinski definition) is 0. The van der Waals surface area contributed by atoms with Crippen LogP contribution in [0.5, 0.6) is 5.75 Å². The molecule has 226 valence electrons. The molecule has 0 unspecified atom stereocenters. The van der Waals surface area contributed by atoms with Crippen LogP contribution in [0.4, 0.5) is 5.82 Å². The predicted molar refractivity (Wildman–Crippen MR) is 169 cm³/mol. The molecule has 3 aliphatic heterocycles. The number of halogens is 1. The summed E-state index contributed by atoms with van der Waals surface area (Å²) in [5.41, 5.74) is 6.97. The lowest BCUT2D eigenvalue weighted by atomic mass is 9.92.